The van der Waals surface area contributed by atoms with Gasteiger partial charge in [0.1, 0.15) is 5.75 Å². The van der Waals surface area contributed by atoms with Crippen LogP contribution in [0.3, 0.4) is 0 Å². The minimum Gasteiger partial charge on any atom is -0.422 e. The SMILES string of the molecule is O=Cc1c(OC(=O)c2ccc(C(F)(F)F)cc2)ccc(OC(F)(F)F)c1F. The van der Waals surface area contributed by atoms with Crippen LogP contribution in [0.25, 0.3) is 0 Å². The van der Waals surface area contributed by atoms with Crippen molar-refractivity contribution in [2.75, 3.05) is 0 Å². The summed E-state index contributed by atoms with van der Waals surface area (Å²) in [5.74, 6) is -5.03. The minimum atomic E-state index is -5.22. The second-order valence-electron chi connectivity index (χ2n) is 4.92. The van der Waals surface area contributed by atoms with Crippen molar-refractivity contribution < 1.29 is 49.8 Å². The molecule has 4 nitrogen and oxygen atoms in total. The third kappa shape index (κ3) is 4.96. The van der Waals surface area contributed by atoms with E-state index in [2.05, 4.69) is 9.47 Å². The lowest BCUT2D eigenvalue weighted by atomic mass is 10.1. The molecule has 0 saturated heterocycles. The second kappa shape index (κ2) is 7.25. The van der Waals surface area contributed by atoms with Gasteiger partial charge < -0.3 is 9.47 Å². The van der Waals surface area contributed by atoms with Crippen LogP contribution < -0.4 is 9.47 Å². The number of halogens is 7. The summed E-state index contributed by atoms with van der Waals surface area (Å²) < 4.78 is 95.9. The number of alkyl halides is 6. The maximum Gasteiger partial charge on any atom is 0.573 e. The van der Waals surface area contributed by atoms with Gasteiger partial charge in [0.05, 0.1) is 16.7 Å². The van der Waals surface area contributed by atoms with E-state index in [1.807, 2.05) is 0 Å². The first-order valence-corrected chi connectivity index (χ1v) is 6.85. The predicted molar refractivity (Wildman–Crippen MR) is 74.9 cm³/mol. The topological polar surface area (TPSA) is 52.6 Å². The number of benzene rings is 2. The van der Waals surface area contributed by atoms with E-state index in [1.54, 1.807) is 0 Å². The van der Waals surface area contributed by atoms with Gasteiger partial charge in [-0.25, -0.2) is 9.18 Å². The Bertz CT molecular complexity index is 855. The Morgan fingerprint density at radius 2 is 1.44 bits per heavy atom. The Labute approximate surface area is 146 Å². The number of carbonyl (C=O) groups excluding carboxylic acids is 2. The Balaban J connectivity index is 2.27. The molecule has 0 aliphatic rings. The van der Waals surface area contributed by atoms with Gasteiger partial charge in [-0.2, -0.15) is 13.2 Å². The van der Waals surface area contributed by atoms with Crippen LogP contribution in [0.1, 0.15) is 26.3 Å². The van der Waals surface area contributed by atoms with Crippen molar-refractivity contribution in [3.05, 3.63) is 58.9 Å². The molecule has 0 aromatic heterocycles. The van der Waals surface area contributed by atoms with Crippen LogP contribution >= 0.6 is 0 Å². The van der Waals surface area contributed by atoms with Crippen LogP contribution in [-0.4, -0.2) is 18.6 Å². The average molecular weight is 396 g/mol. The zero-order valence-electron chi connectivity index (χ0n) is 12.8. The Kier molecular flexibility index (Phi) is 5.43. The molecular formula is C16H7F7O4. The van der Waals surface area contributed by atoms with E-state index in [0.29, 0.717) is 24.3 Å². The molecule has 0 aliphatic heterocycles. The molecule has 0 radical (unpaired) electrons. The quantitative estimate of drug-likeness (QED) is 0.323. The molecule has 0 atom stereocenters. The molecule has 27 heavy (non-hydrogen) atoms. The van der Waals surface area contributed by atoms with Gasteiger partial charge in [-0.3, -0.25) is 4.79 Å². The molecule has 0 fully saturated rings. The van der Waals surface area contributed by atoms with Crippen LogP contribution in [0, 0.1) is 5.82 Å². The smallest absolute Gasteiger partial charge is 0.422 e. The van der Waals surface area contributed by atoms with E-state index in [9.17, 15) is 40.3 Å². The Morgan fingerprint density at radius 1 is 0.889 bits per heavy atom. The molecule has 11 heteroatoms. The summed E-state index contributed by atoms with van der Waals surface area (Å²) in [6.45, 7) is 0. The maximum atomic E-state index is 13.9. The molecular weight excluding hydrogens is 389 g/mol. The number of aldehydes is 1. The van der Waals surface area contributed by atoms with Crippen LogP contribution in [0.2, 0.25) is 0 Å². The second-order valence-corrected chi connectivity index (χ2v) is 4.92. The first-order valence-electron chi connectivity index (χ1n) is 6.85. The first kappa shape index (κ1) is 20.2. The van der Waals surface area contributed by atoms with Gasteiger partial charge >= 0.3 is 18.5 Å². The highest BCUT2D eigenvalue weighted by atomic mass is 19.4. The molecule has 2 aromatic carbocycles. The molecule has 0 spiro atoms. The van der Waals surface area contributed by atoms with Crippen molar-refractivity contribution in [1.29, 1.82) is 0 Å². The van der Waals surface area contributed by atoms with Crippen molar-refractivity contribution >= 4 is 12.3 Å². The van der Waals surface area contributed by atoms with Crippen molar-refractivity contribution in [2.24, 2.45) is 0 Å². The fourth-order valence-electron chi connectivity index (χ4n) is 1.91. The fourth-order valence-corrected chi connectivity index (χ4v) is 1.91. The molecule has 0 aliphatic carbocycles. The van der Waals surface area contributed by atoms with Crippen LogP contribution in [0.5, 0.6) is 11.5 Å². The third-order valence-corrected chi connectivity index (χ3v) is 3.10. The molecule has 0 heterocycles. The van der Waals surface area contributed by atoms with Crippen molar-refractivity contribution in [1.82, 2.24) is 0 Å². The summed E-state index contributed by atoms with van der Waals surface area (Å²) in [5.41, 5.74) is -2.43. The van der Waals surface area contributed by atoms with Gasteiger partial charge in [0.15, 0.2) is 17.9 Å². The van der Waals surface area contributed by atoms with Gasteiger partial charge in [-0.05, 0) is 36.4 Å². The summed E-state index contributed by atoms with van der Waals surface area (Å²) in [5, 5.41) is 0. The summed E-state index contributed by atoms with van der Waals surface area (Å²) >= 11 is 0. The summed E-state index contributed by atoms with van der Waals surface area (Å²) in [6, 6.07) is 3.91. The number of esters is 1. The first-order chi connectivity index (χ1) is 12.4. The highest BCUT2D eigenvalue weighted by Gasteiger charge is 2.34. The van der Waals surface area contributed by atoms with Crippen molar-refractivity contribution in [2.45, 2.75) is 12.5 Å². The number of carbonyl (C=O) groups is 2. The molecule has 0 N–H and O–H groups in total. The van der Waals surface area contributed by atoms with Crippen LogP contribution in [0.4, 0.5) is 30.7 Å². The van der Waals surface area contributed by atoms with Crippen LogP contribution in [0.15, 0.2) is 36.4 Å². The lowest BCUT2D eigenvalue weighted by molar-refractivity contribution is -0.275. The van der Waals surface area contributed by atoms with Crippen molar-refractivity contribution in [3.8, 4) is 11.5 Å². The van der Waals surface area contributed by atoms with E-state index < -0.39 is 47.0 Å². The third-order valence-electron chi connectivity index (χ3n) is 3.10. The summed E-state index contributed by atoms with van der Waals surface area (Å²) in [6.07, 6.45) is -10.1. The highest BCUT2D eigenvalue weighted by molar-refractivity contribution is 5.92. The monoisotopic (exact) mass is 396 g/mol. The van der Waals surface area contributed by atoms with Crippen molar-refractivity contribution in [3.63, 3.8) is 0 Å². The van der Waals surface area contributed by atoms with E-state index in [0.717, 1.165) is 12.1 Å². The number of ether oxygens (including phenoxy) is 2. The predicted octanol–water partition coefficient (Wildman–Crippen LogP) is 4.77. The van der Waals surface area contributed by atoms with Gasteiger partial charge in [0.25, 0.3) is 0 Å². The zero-order valence-corrected chi connectivity index (χ0v) is 12.8. The van der Waals surface area contributed by atoms with Gasteiger partial charge in [-0.1, -0.05) is 0 Å². The summed E-state index contributed by atoms with van der Waals surface area (Å²) in [7, 11) is 0. The molecule has 2 aromatic rings. The fraction of sp³-hybridized carbons (Fsp3) is 0.125. The van der Waals surface area contributed by atoms with E-state index >= 15 is 0 Å². The Hall–Kier alpha value is -3.11. The minimum absolute atomic E-state index is 0.200. The van der Waals surface area contributed by atoms with Gasteiger partial charge in [-0.15, -0.1) is 13.2 Å². The molecule has 0 unspecified atom stereocenters. The molecule has 2 rings (SSSR count). The largest absolute Gasteiger partial charge is 0.573 e. The van der Waals surface area contributed by atoms with E-state index in [-0.39, 0.29) is 11.8 Å². The lowest BCUT2D eigenvalue weighted by Gasteiger charge is -2.13. The normalized spacial score (nSPS) is 11.8. The molecule has 144 valence electrons. The van der Waals surface area contributed by atoms with Crippen LogP contribution in [-0.2, 0) is 6.18 Å². The van der Waals surface area contributed by atoms with Gasteiger partial charge in [0, 0.05) is 0 Å². The number of rotatable bonds is 4. The van der Waals surface area contributed by atoms with E-state index in [1.165, 1.54) is 0 Å². The standard InChI is InChI=1S/C16H7F7O4/c17-13-10(7-24)11(5-6-12(13)27-16(21,22)23)26-14(25)8-1-3-9(4-2-8)15(18,19)20/h1-7H. The highest BCUT2D eigenvalue weighted by Crippen LogP contribution is 2.32. The number of hydrogen-bond donors (Lipinski definition) is 0. The molecule has 0 saturated carbocycles. The molecule has 0 bridgehead atoms. The van der Waals surface area contributed by atoms with Gasteiger partial charge in [0.2, 0.25) is 0 Å². The maximum absolute atomic E-state index is 13.9. The Morgan fingerprint density at radius 3 is 1.93 bits per heavy atom. The zero-order chi connectivity index (χ0) is 20.4. The average Bonchev–Trinajstić information content (AvgIpc) is 2.56. The summed E-state index contributed by atoms with van der Waals surface area (Å²) in [4.78, 5) is 22.9. The molecule has 0 amide bonds. The number of hydrogen-bond acceptors (Lipinski definition) is 4. The van der Waals surface area contributed by atoms with E-state index in [4.69, 9.17) is 0 Å². The lowest BCUT2D eigenvalue weighted by Crippen LogP contribution is -2.19.